The van der Waals surface area contributed by atoms with Gasteiger partial charge >= 0.3 is 17.3 Å². The first-order valence-electron chi connectivity index (χ1n) is 11.2. The van der Waals surface area contributed by atoms with Gasteiger partial charge in [-0.2, -0.15) is 15.2 Å². The van der Waals surface area contributed by atoms with Gasteiger partial charge in [0.1, 0.15) is 11.5 Å². The van der Waals surface area contributed by atoms with E-state index in [0.29, 0.717) is 23.6 Å². The summed E-state index contributed by atoms with van der Waals surface area (Å²) in [6, 6.07) is 9.29. The summed E-state index contributed by atoms with van der Waals surface area (Å²) in [5, 5.41) is 19.6. The molecule has 0 unspecified atom stereocenters. The molecule has 184 valence electrons. The molecule has 1 aliphatic rings. The van der Waals surface area contributed by atoms with Crippen LogP contribution in [0.25, 0.3) is 0 Å². The van der Waals surface area contributed by atoms with Gasteiger partial charge in [0, 0.05) is 24.7 Å². The third-order valence-electron chi connectivity index (χ3n) is 5.29. The van der Waals surface area contributed by atoms with Crippen molar-refractivity contribution >= 4 is 11.9 Å². The number of hydrogen-bond acceptors (Lipinski definition) is 8. The van der Waals surface area contributed by atoms with Crippen LogP contribution in [-0.2, 0) is 17.9 Å². The minimum atomic E-state index is -1.12. The number of aromatic nitrogens is 5. The van der Waals surface area contributed by atoms with Crippen molar-refractivity contribution < 1.29 is 14.6 Å². The lowest BCUT2D eigenvalue weighted by molar-refractivity contribution is -0.137. The number of nitrogens with one attached hydrogen (secondary N) is 1. The third kappa shape index (κ3) is 6.20. The fraction of sp³-hybridized carbons (Fsp3) is 0.200. The van der Waals surface area contributed by atoms with E-state index in [9.17, 15) is 14.4 Å². The molecule has 2 aromatic heterocycles. The van der Waals surface area contributed by atoms with Crippen molar-refractivity contribution in [1.82, 2.24) is 24.3 Å². The summed E-state index contributed by atoms with van der Waals surface area (Å²) < 4.78 is 7.96. The topological polar surface area (TPSA) is 141 Å². The monoisotopic (exact) mass is 488 g/mol. The molecule has 0 amide bonds. The molecular weight excluding hydrogens is 464 g/mol. The van der Waals surface area contributed by atoms with Crippen molar-refractivity contribution in [2.24, 2.45) is 0 Å². The molecule has 1 aliphatic carbocycles. The fourth-order valence-electron chi connectivity index (χ4n) is 3.43. The Kier molecular flexibility index (Phi) is 7.49. The number of carboxylic acid groups (broad SMARTS) is 1. The SMILES string of the molecule is Cc1ccc(Cn2c(NC3=CC=C(Oc4ccnnc4)CC=C3)nc(=O)n(CCC(=O)O)c2=O)cc1. The number of nitrogens with zero attached hydrogens (tertiary/aromatic N) is 5. The maximum atomic E-state index is 13.2. The number of aryl methyl sites for hydroxylation is 1. The van der Waals surface area contributed by atoms with Crippen LogP contribution >= 0.6 is 0 Å². The average molecular weight is 489 g/mol. The molecule has 0 fully saturated rings. The third-order valence-corrected chi connectivity index (χ3v) is 5.29. The van der Waals surface area contributed by atoms with E-state index in [1.807, 2.05) is 37.3 Å². The molecule has 0 aliphatic heterocycles. The summed E-state index contributed by atoms with van der Waals surface area (Å²) in [6.45, 7) is 1.82. The zero-order valence-corrected chi connectivity index (χ0v) is 19.5. The Morgan fingerprint density at radius 2 is 1.92 bits per heavy atom. The van der Waals surface area contributed by atoms with Gasteiger partial charge in [-0.15, -0.1) is 0 Å². The second kappa shape index (κ2) is 11.1. The Morgan fingerprint density at radius 1 is 1.11 bits per heavy atom. The van der Waals surface area contributed by atoms with Crippen LogP contribution in [0.15, 0.2) is 88.1 Å². The Hall–Kier alpha value is -4.80. The molecule has 0 saturated carbocycles. The second-order valence-electron chi connectivity index (χ2n) is 8.03. The van der Waals surface area contributed by atoms with Crippen LogP contribution in [0, 0.1) is 6.92 Å². The van der Waals surface area contributed by atoms with Crippen LogP contribution in [-0.4, -0.2) is 35.4 Å². The highest BCUT2D eigenvalue weighted by Crippen LogP contribution is 2.18. The molecule has 11 heteroatoms. The Labute approximate surface area is 205 Å². The molecule has 0 spiro atoms. The molecule has 0 bridgehead atoms. The van der Waals surface area contributed by atoms with Gasteiger partial charge in [0.2, 0.25) is 5.95 Å². The number of aliphatic carboxylic acids is 1. The normalized spacial score (nSPS) is 12.9. The van der Waals surface area contributed by atoms with Crippen molar-refractivity contribution in [2.75, 3.05) is 5.32 Å². The van der Waals surface area contributed by atoms with E-state index in [1.165, 1.54) is 17.0 Å². The van der Waals surface area contributed by atoms with Crippen molar-refractivity contribution in [3.05, 3.63) is 111 Å². The summed E-state index contributed by atoms with van der Waals surface area (Å²) in [5.74, 6) is 0.136. The quantitative estimate of drug-likeness (QED) is 0.464. The number of allylic oxidation sites excluding steroid dienone is 4. The van der Waals surface area contributed by atoms with Gasteiger partial charge < -0.3 is 15.2 Å². The number of hydrogen-bond donors (Lipinski definition) is 2. The zero-order valence-electron chi connectivity index (χ0n) is 19.5. The highest BCUT2D eigenvalue weighted by Gasteiger charge is 2.15. The minimum absolute atomic E-state index is 0.0455. The van der Waals surface area contributed by atoms with Gasteiger partial charge in [-0.05, 0) is 30.7 Å². The largest absolute Gasteiger partial charge is 0.481 e. The van der Waals surface area contributed by atoms with Crippen molar-refractivity contribution in [1.29, 1.82) is 0 Å². The van der Waals surface area contributed by atoms with E-state index in [2.05, 4.69) is 20.5 Å². The van der Waals surface area contributed by atoms with E-state index in [0.717, 1.165) is 15.7 Å². The summed E-state index contributed by atoms with van der Waals surface area (Å²) in [4.78, 5) is 40.9. The molecule has 2 N–H and O–H groups in total. The molecule has 0 atom stereocenters. The smallest absolute Gasteiger partial charge is 0.354 e. The zero-order chi connectivity index (χ0) is 25.5. The van der Waals surface area contributed by atoms with Crippen molar-refractivity contribution in [3.63, 3.8) is 0 Å². The number of anilines is 1. The van der Waals surface area contributed by atoms with Gasteiger partial charge in [-0.25, -0.2) is 14.2 Å². The lowest BCUT2D eigenvalue weighted by Crippen LogP contribution is -2.43. The van der Waals surface area contributed by atoms with Crippen molar-refractivity contribution in [3.8, 4) is 5.75 Å². The standard InChI is InChI=1S/C25H24N6O5/c1-17-5-7-18(8-6-17)16-31-23(29-24(34)30(25(31)35)14-12-22(32)33)28-19-3-2-4-20(10-9-19)36-21-11-13-26-27-15-21/h2-3,5-11,13,15H,4,12,14,16H2,1H3,(H,32,33)(H,28,29,34). The number of rotatable bonds is 9. The van der Waals surface area contributed by atoms with Crippen LogP contribution in [0.5, 0.6) is 5.75 Å². The first-order chi connectivity index (χ1) is 17.4. The molecule has 3 aromatic rings. The summed E-state index contributed by atoms with van der Waals surface area (Å²) in [7, 11) is 0. The van der Waals surface area contributed by atoms with Crippen LogP contribution in [0.4, 0.5) is 5.95 Å². The summed E-state index contributed by atoms with van der Waals surface area (Å²) in [6.07, 6.45) is 10.3. The Balaban J connectivity index is 1.66. The molecular formula is C25H24N6O5. The van der Waals surface area contributed by atoms with Crippen LogP contribution in [0.1, 0.15) is 24.0 Å². The van der Waals surface area contributed by atoms with E-state index < -0.39 is 17.3 Å². The average Bonchev–Trinajstić information content (AvgIpc) is 3.08. The van der Waals surface area contributed by atoms with Crippen LogP contribution in [0.3, 0.4) is 0 Å². The van der Waals surface area contributed by atoms with Gasteiger partial charge in [-0.3, -0.25) is 9.36 Å². The number of carboxylic acids is 1. The lowest BCUT2D eigenvalue weighted by Gasteiger charge is -2.16. The number of ether oxygens (including phenoxy) is 1. The van der Waals surface area contributed by atoms with Crippen LogP contribution < -0.4 is 21.4 Å². The molecule has 36 heavy (non-hydrogen) atoms. The molecule has 0 radical (unpaired) electrons. The van der Waals surface area contributed by atoms with E-state index in [1.54, 1.807) is 24.3 Å². The van der Waals surface area contributed by atoms with Gasteiger partial charge in [0.25, 0.3) is 0 Å². The molecule has 4 rings (SSSR count). The van der Waals surface area contributed by atoms with Gasteiger partial charge in [-0.1, -0.05) is 35.9 Å². The lowest BCUT2D eigenvalue weighted by atomic mass is 10.1. The van der Waals surface area contributed by atoms with Gasteiger partial charge in [0.15, 0.2) is 0 Å². The van der Waals surface area contributed by atoms with E-state index >= 15 is 0 Å². The maximum absolute atomic E-state index is 13.2. The van der Waals surface area contributed by atoms with E-state index in [-0.39, 0.29) is 25.5 Å². The fourth-order valence-corrected chi connectivity index (χ4v) is 3.43. The molecule has 0 saturated heterocycles. The first-order valence-corrected chi connectivity index (χ1v) is 11.2. The predicted molar refractivity (Wildman–Crippen MR) is 131 cm³/mol. The van der Waals surface area contributed by atoms with Crippen molar-refractivity contribution in [2.45, 2.75) is 32.9 Å². The molecule has 2 heterocycles. The minimum Gasteiger partial charge on any atom is -0.481 e. The van der Waals surface area contributed by atoms with Crippen LogP contribution in [0.2, 0.25) is 0 Å². The highest BCUT2D eigenvalue weighted by molar-refractivity contribution is 5.66. The van der Waals surface area contributed by atoms with E-state index in [4.69, 9.17) is 9.84 Å². The number of carbonyl (C=O) groups is 1. The first kappa shape index (κ1) is 24.3. The summed E-state index contributed by atoms with van der Waals surface area (Å²) in [5.41, 5.74) is 0.987. The predicted octanol–water partition coefficient (Wildman–Crippen LogP) is 2.25. The summed E-state index contributed by atoms with van der Waals surface area (Å²) >= 11 is 0. The second-order valence-corrected chi connectivity index (χ2v) is 8.03. The van der Waals surface area contributed by atoms with Gasteiger partial charge in [0.05, 0.1) is 25.4 Å². The number of benzene rings is 1. The highest BCUT2D eigenvalue weighted by atomic mass is 16.5. The maximum Gasteiger partial charge on any atom is 0.354 e. The Bertz CT molecular complexity index is 1450. The Morgan fingerprint density at radius 3 is 2.64 bits per heavy atom. The molecule has 1 aromatic carbocycles. The molecule has 11 nitrogen and oxygen atoms in total.